The van der Waals surface area contributed by atoms with Crippen molar-refractivity contribution in [2.24, 2.45) is 5.92 Å². The van der Waals surface area contributed by atoms with E-state index in [1.54, 1.807) is 0 Å². The lowest BCUT2D eigenvalue weighted by Crippen LogP contribution is -2.34. The fraction of sp³-hybridized carbons (Fsp3) is 0.909. The van der Waals surface area contributed by atoms with Gasteiger partial charge in [0.05, 0.1) is 19.6 Å². The van der Waals surface area contributed by atoms with Crippen molar-refractivity contribution in [3.63, 3.8) is 0 Å². The van der Waals surface area contributed by atoms with E-state index in [0.717, 1.165) is 19.5 Å². The Morgan fingerprint density at radius 1 is 1.60 bits per heavy atom. The normalized spacial score (nSPS) is 26.3. The molecule has 0 bridgehead atoms. The predicted molar refractivity (Wildman–Crippen MR) is 57.5 cm³/mol. The first-order valence-electron chi connectivity index (χ1n) is 5.53. The van der Waals surface area contributed by atoms with Crippen LogP contribution in [-0.4, -0.2) is 48.3 Å². The molecule has 1 heterocycles. The highest BCUT2D eigenvalue weighted by Crippen LogP contribution is 2.22. The summed E-state index contributed by atoms with van der Waals surface area (Å²) < 4.78 is 4.64. The van der Waals surface area contributed by atoms with Crippen molar-refractivity contribution in [3.8, 4) is 0 Å². The van der Waals surface area contributed by atoms with E-state index < -0.39 is 0 Å². The standard InChI is InChI=1S/C11H21NO3/c1-8(6-11(14)15-3)12-5-4-10(7-12)9(2)13/h8-10,13H,4-7H2,1-3H3. The number of hydrogen-bond acceptors (Lipinski definition) is 4. The number of methoxy groups -OCH3 is 1. The van der Waals surface area contributed by atoms with E-state index in [1.807, 2.05) is 13.8 Å². The Kier molecular flexibility index (Phi) is 4.54. The van der Waals surface area contributed by atoms with Crippen LogP contribution in [0.25, 0.3) is 0 Å². The van der Waals surface area contributed by atoms with Crippen LogP contribution in [0.2, 0.25) is 0 Å². The maximum atomic E-state index is 11.1. The van der Waals surface area contributed by atoms with Gasteiger partial charge >= 0.3 is 5.97 Å². The number of carbonyl (C=O) groups excluding carboxylic acids is 1. The molecule has 1 saturated heterocycles. The molecular formula is C11H21NO3. The number of carbonyl (C=O) groups is 1. The minimum absolute atomic E-state index is 0.164. The molecule has 0 aromatic rings. The van der Waals surface area contributed by atoms with Crippen LogP contribution in [0, 0.1) is 5.92 Å². The molecule has 1 N–H and O–H groups in total. The van der Waals surface area contributed by atoms with Crippen molar-refractivity contribution < 1.29 is 14.6 Å². The molecule has 0 aromatic carbocycles. The monoisotopic (exact) mass is 215 g/mol. The summed E-state index contributed by atoms with van der Waals surface area (Å²) in [5, 5.41) is 9.46. The number of esters is 1. The van der Waals surface area contributed by atoms with Gasteiger partial charge < -0.3 is 9.84 Å². The fourth-order valence-corrected chi connectivity index (χ4v) is 2.06. The van der Waals surface area contributed by atoms with Crippen molar-refractivity contribution in [2.75, 3.05) is 20.2 Å². The van der Waals surface area contributed by atoms with Crippen LogP contribution < -0.4 is 0 Å². The predicted octanol–water partition coefficient (Wildman–Crippen LogP) is 0.641. The highest BCUT2D eigenvalue weighted by molar-refractivity contribution is 5.69. The first-order chi connectivity index (χ1) is 7.04. The smallest absolute Gasteiger partial charge is 0.307 e. The number of rotatable bonds is 4. The van der Waals surface area contributed by atoms with Gasteiger partial charge in [-0.3, -0.25) is 9.69 Å². The van der Waals surface area contributed by atoms with Crippen molar-refractivity contribution >= 4 is 5.97 Å². The Morgan fingerprint density at radius 3 is 2.73 bits per heavy atom. The summed E-state index contributed by atoms with van der Waals surface area (Å²) >= 11 is 0. The van der Waals surface area contributed by atoms with E-state index >= 15 is 0 Å². The van der Waals surface area contributed by atoms with Gasteiger partial charge in [-0.05, 0) is 32.7 Å². The summed E-state index contributed by atoms with van der Waals surface area (Å²) in [6, 6.07) is 0.209. The largest absolute Gasteiger partial charge is 0.469 e. The molecule has 1 aliphatic heterocycles. The highest BCUT2D eigenvalue weighted by atomic mass is 16.5. The van der Waals surface area contributed by atoms with Gasteiger partial charge in [0.25, 0.3) is 0 Å². The Morgan fingerprint density at radius 2 is 2.27 bits per heavy atom. The van der Waals surface area contributed by atoms with Gasteiger partial charge in [0.2, 0.25) is 0 Å². The molecule has 0 aromatic heterocycles. The second kappa shape index (κ2) is 5.47. The third-order valence-electron chi connectivity index (χ3n) is 3.25. The number of aliphatic hydroxyl groups is 1. The van der Waals surface area contributed by atoms with Crippen LogP contribution in [0.4, 0.5) is 0 Å². The summed E-state index contributed by atoms with van der Waals surface area (Å²) in [4.78, 5) is 13.3. The van der Waals surface area contributed by atoms with Gasteiger partial charge in [-0.25, -0.2) is 0 Å². The maximum absolute atomic E-state index is 11.1. The molecule has 4 nitrogen and oxygen atoms in total. The zero-order chi connectivity index (χ0) is 11.4. The van der Waals surface area contributed by atoms with E-state index in [1.165, 1.54) is 7.11 Å². The molecule has 0 radical (unpaired) electrons. The maximum Gasteiger partial charge on any atom is 0.307 e. The molecule has 4 heteroatoms. The van der Waals surface area contributed by atoms with Crippen molar-refractivity contribution in [1.82, 2.24) is 4.90 Å². The number of likely N-dealkylation sites (tertiary alicyclic amines) is 1. The molecule has 0 aliphatic carbocycles. The molecule has 0 saturated carbocycles. The molecule has 1 fully saturated rings. The van der Waals surface area contributed by atoms with Crippen LogP contribution >= 0.6 is 0 Å². The van der Waals surface area contributed by atoms with Crippen molar-refractivity contribution in [2.45, 2.75) is 38.8 Å². The third kappa shape index (κ3) is 3.47. The minimum Gasteiger partial charge on any atom is -0.469 e. The van der Waals surface area contributed by atoms with Crippen LogP contribution in [-0.2, 0) is 9.53 Å². The lowest BCUT2D eigenvalue weighted by Gasteiger charge is -2.23. The van der Waals surface area contributed by atoms with Crippen LogP contribution in [0.3, 0.4) is 0 Å². The Labute approximate surface area is 91.2 Å². The first-order valence-corrected chi connectivity index (χ1v) is 5.53. The first kappa shape index (κ1) is 12.5. The Hall–Kier alpha value is -0.610. The topological polar surface area (TPSA) is 49.8 Å². The van der Waals surface area contributed by atoms with Crippen molar-refractivity contribution in [3.05, 3.63) is 0 Å². The van der Waals surface area contributed by atoms with Crippen LogP contribution in [0.5, 0.6) is 0 Å². The quantitative estimate of drug-likeness (QED) is 0.699. The zero-order valence-corrected chi connectivity index (χ0v) is 9.77. The van der Waals surface area contributed by atoms with E-state index in [4.69, 9.17) is 0 Å². The zero-order valence-electron chi connectivity index (χ0n) is 9.77. The summed E-state index contributed by atoms with van der Waals surface area (Å²) in [5.74, 6) is 0.188. The third-order valence-corrected chi connectivity index (χ3v) is 3.25. The van der Waals surface area contributed by atoms with Crippen LogP contribution in [0.1, 0.15) is 26.7 Å². The Balaban J connectivity index is 2.36. The number of nitrogens with zero attached hydrogens (tertiary/aromatic N) is 1. The fourth-order valence-electron chi connectivity index (χ4n) is 2.06. The van der Waals surface area contributed by atoms with Gasteiger partial charge in [0.1, 0.15) is 0 Å². The molecule has 1 aliphatic rings. The van der Waals surface area contributed by atoms with Crippen molar-refractivity contribution in [1.29, 1.82) is 0 Å². The van der Waals surface area contributed by atoms with E-state index in [-0.39, 0.29) is 18.1 Å². The molecular weight excluding hydrogens is 194 g/mol. The van der Waals surface area contributed by atoms with E-state index in [9.17, 15) is 9.90 Å². The lowest BCUT2D eigenvalue weighted by atomic mass is 10.0. The van der Waals surface area contributed by atoms with Gasteiger partial charge in [-0.2, -0.15) is 0 Å². The second-order valence-electron chi connectivity index (χ2n) is 4.41. The van der Waals surface area contributed by atoms with E-state index in [2.05, 4.69) is 9.64 Å². The SMILES string of the molecule is COC(=O)CC(C)N1CCC(C(C)O)C1. The average Bonchev–Trinajstić information content (AvgIpc) is 2.66. The van der Waals surface area contributed by atoms with Crippen LogP contribution in [0.15, 0.2) is 0 Å². The molecule has 3 unspecified atom stereocenters. The number of hydrogen-bond donors (Lipinski definition) is 1. The second-order valence-corrected chi connectivity index (χ2v) is 4.41. The summed E-state index contributed by atoms with van der Waals surface area (Å²) in [5.41, 5.74) is 0. The molecule has 3 atom stereocenters. The van der Waals surface area contributed by atoms with E-state index in [0.29, 0.717) is 12.3 Å². The Bertz CT molecular complexity index is 218. The van der Waals surface area contributed by atoms with Gasteiger partial charge in [0.15, 0.2) is 0 Å². The number of aliphatic hydroxyl groups excluding tert-OH is 1. The highest BCUT2D eigenvalue weighted by Gasteiger charge is 2.29. The average molecular weight is 215 g/mol. The molecule has 15 heavy (non-hydrogen) atoms. The summed E-state index contributed by atoms with van der Waals surface area (Å²) in [6.45, 7) is 5.71. The summed E-state index contributed by atoms with van der Waals surface area (Å²) in [6.07, 6.45) is 1.20. The lowest BCUT2D eigenvalue weighted by molar-refractivity contribution is -0.141. The minimum atomic E-state index is -0.250. The summed E-state index contributed by atoms with van der Waals surface area (Å²) in [7, 11) is 1.41. The number of ether oxygens (including phenoxy) is 1. The van der Waals surface area contributed by atoms with Gasteiger partial charge in [-0.1, -0.05) is 0 Å². The molecule has 0 spiro atoms. The van der Waals surface area contributed by atoms with Gasteiger partial charge in [0, 0.05) is 12.6 Å². The molecule has 88 valence electrons. The molecule has 0 amide bonds. The van der Waals surface area contributed by atoms with Gasteiger partial charge in [-0.15, -0.1) is 0 Å². The molecule has 1 rings (SSSR count).